The third kappa shape index (κ3) is 6.85. The molecule has 5 heteroatoms. The number of nitrogens with zero attached hydrogens (tertiary/aromatic N) is 2. The molecule has 32 heavy (non-hydrogen) atoms. The fourth-order valence-electron chi connectivity index (χ4n) is 4.66. The minimum Gasteiger partial charge on any atom is -0.405 e. The van der Waals surface area contributed by atoms with Gasteiger partial charge < -0.3 is 15.6 Å². The van der Waals surface area contributed by atoms with Gasteiger partial charge in [-0.3, -0.25) is 0 Å². The molecule has 0 saturated carbocycles. The lowest BCUT2D eigenvalue weighted by Crippen LogP contribution is -2.33. The maximum atomic E-state index is 6.24. The van der Waals surface area contributed by atoms with Gasteiger partial charge in [0, 0.05) is 17.8 Å². The lowest BCUT2D eigenvalue weighted by atomic mass is 9.71. The number of allylic oxidation sites excluding steroid dienone is 3. The lowest BCUT2D eigenvalue weighted by Gasteiger charge is -2.35. The molecule has 1 fully saturated rings. The zero-order valence-electron chi connectivity index (χ0n) is 20.1. The van der Waals surface area contributed by atoms with Crippen molar-refractivity contribution in [2.24, 2.45) is 17.6 Å². The standard InChI is InChI=1S/C19H24ClN.C6H10N2.C2H5N/c1-12-10-13(2)18-11-16(20)4-5-17(18)19(14(12)3)15-6-8-21-9-7-15;1-3-8-4-6(2)7-5-8;1-2-3/h4-5,10-11,14-15,19,21H,1,6-9H2,2-3H3;4-5H,3H2,1-2H3;2H,1,3H2. The lowest BCUT2D eigenvalue weighted by molar-refractivity contribution is 0.281. The number of imidazole rings is 1. The van der Waals surface area contributed by atoms with E-state index in [0.29, 0.717) is 11.8 Å². The molecule has 0 spiro atoms. The van der Waals surface area contributed by atoms with Crippen LogP contribution >= 0.6 is 11.6 Å². The molecule has 174 valence electrons. The highest BCUT2D eigenvalue weighted by atomic mass is 35.5. The van der Waals surface area contributed by atoms with Gasteiger partial charge in [0.25, 0.3) is 0 Å². The Morgan fingerprint density at radius 1 is 1.28 bits per heavy atom. The zero-order valence-corrected chi connectivity index (χ0v) is 20.8. The number of hydrogen-bond acceptors (Lipinski definition) is 3. The summed E-state index contributed by atoms with van der Waals surface area (Å²) in [6.07, 6.45) is 9.88. The fraction of sp³-hybridized carbons (Fsp3) is 0.444. The van der Waals surface area contributed by atoms with Crippen LogP contribution in [0.1, 0.15) is 56.4 Å². The summed E-state index contributed by atoms with van der Waals surface area (Å²) in [6.45, 7) is 19.4. The summed E-state index contributed by atoms with van der Waals surface area (Å²) >= 11 is 6.24. The van der Waals surface area contributed by atoms with Crippen molar-refractivity contribution in [1.82, 2.24) is 14.9 Å². The Hall–Kier alpha value is -2.30. The van der Waals surface area contributed by atoms with Crippen LogP contribution in [0.2, 0.25) is 5.02 Å². The first kappa shape index (κ1) is 26.0. The summed E-state index contributed by atoms with van der Waals surface area (Å²) in [7, 11) is 0. The number of halogens is 1. The smallest absolute Gasteiger partial charge is 0.0949 e. The van der Waals surface area contributed by atoms with Gasteiger partial charge in [0.15, 0.2) is 0 Å². The van der Waals surface area contributed by atoms with E-state index in [-0.39, 0.29) is 0 Å². The number of aryl methyl sites for hydroxylation is 2. The molecule has 0 radical (unpaired) electrons. The van der Waals surface area contributed by atoms with Crippen LogP contribution < -0.4 is 11.1 Å². The van der Waals surface area contributed by atoms with Gasteiger partial charge in [-0.1, -0.05) is 49.4 Å². The third-order valence-electron chi connectivity index (χ3n) is 6.34. The summed E-state index contributed by atoms with van der Waals surface area (Å²) in [5, 5.41) is 4.31. The van der Waals surface area contributed by atoms with Crippen LogP contribution in [0.5, 0.6) is 0 Å². The number of aromatic nitrogens is 2. The molecule has 0 bridgehead atoms. The van der Waals surface area contributed by atoms with E-state index in [4.69, 9.17) is 11.6 Å². The molecule has 2 aliphatic rings. The van der Waals surface area contributed by atoms with E-state index in [1.807, 2.05) is 25.5 Å². The van der Waals surface area contributed by atoms with Gasteiger partial charge in [-0.15, -0.1) is 0 Å². The highest BCUT2D eigenvalue weighted by Gasteiger charge is 2.33. The molecule has 1 saturated heterocycles. The summed E-state index contributed by atoms with van der Waals surface area (Å²) in [5.74, 6) is 1.78. The van der Waals surface area contributed by atoms with Crippen LogP contribution in [-0.4, -0.2) is 22.6 Å². The third-order valence-corrected chi connectivity index (χ3v) is 6.58. The van der Waals surface area contributed by atoms with Gasteiger partial charge >= 0.3 is 0 Å². The van der Waals surface area contributed by atoms with Crippen LogP contribution in [-0.2, 0) is 6.54 Å². The van der Waals surface area contributed by atoms with Gasteiger partial charge in [0.2, 0.25) is 0 Å². The molecule has 1 aromatic heterocycles. The van der Waals surface area contributed by atoms with Crippen LogP contribution in [0.25, 0.3) is 5.57 Å². The Bertz CT molecular complexity index is 921. The van der Waals surface area contributed by atoms with E-state index < -0.39 is 0 Å². The topological polar surface area (TPSA) is 55.9 Å². The number of benzene rings is 1. The van der Waals surface area contributed by atoms with Crippen molar-refractivity contribution < 1.29 is 0 Å². The molecule has 1 aliphatic heterocycles. The Morgan fingerprint density at radius 3 is 2.47 bits per heavy atom. The fourth-order valence-corrected chi connectivity index (χ4v) is 4.83. The van der Waals surface area contributed by atoms with Crippen LogP contribution in [0.4, 0.5) is 0 Å². The van der Waals surface area contributed by atoms with Crippen molar-refractivity contribution >= 4 is 17.2 Å². The number of hydrogen-bond donors (Lipinski definition) is 2. The Labute approximate surface area is 199 Å². The van der Waals surface area contributed by atoms with Gasteiger partial charge in [0.1, 0.15) is 0 Å². The number of nitrogens with one attached hydrogen (secondary N) is 1. The molecule has 1 aliphatic carbocycles. The Kier molecular flexibility index (Phi) is 10.3. The maximum absolute atomic E-state index is 6.24. The van der Waals surface area contributed by atoms with Crippen molar-refractivity contribution in [3.63, 3.8) is 0 Å². The van der Waals surface area contributed by atoms with Crippen LogP contribution in [0.3, 0.4) is 0 Å². The minimum atomic E-state index is 0.491. The summed E-state index contributed by atoms with van der Waals surface area (Å²) < 4.78 is 2.05. The van der Waals surface area contributed by atoms with Crippen molar-refractivity contribution in [3.05, 3.63) is 83.6 Å². The average molecular weight is 455 g/mol. The molecular formula is C27H39ClN4. The van der Waals surface area contributed by atoms with Crippen molar-refractivity contribution in [2.45, 2.75) is 53.0 Å². The Balaban J connectivity index is 0.000000274. The quantitative estimate of drug-likeness (QED) is 0.557. The molecular weight excluding hydrogens is 416 g/mol. The van der Waals surface area contributed by atoms with E-state index >= 15 is 0 Å². The van der Waals surface area contributed by atoms with E-state index in [9.17, 15) is 0 Å². The van der Waals surface area contributed by atoms with Crippen molar-refractivity contribution in [1.29, 1.82) is 0 Å². The second kappa shape index (κ2) is 12.7. The highest BCUT2D eigenvalue weighted by molar-refractivity contribution is 6.30. The van der Waals surface area contributed by atoms with E-state index in [0.717, 1.165) is 36.3 Å². The average Bonchev–Trinajstić information content (AvgIpc) is 3.18. The number of nitrogens with two attached hydrogens (primary N) is 1. The van der Waals surface area contributed by atoms with Crippen LogP contribution in [0, 0.1) is 18.8 Å². The SMILES string of the molecule is C=C1C=C(C)c2cc(Cl)ccc2C(C2CCNCC2)C1C.C=CN.CCn1cnc(C)c1. The van der Waals surface area contributed by atoms with Crippen molar-refractivity contribution in [3.8, 4) is 0 Å². The second-order valence-corrected chi connectivity index (χ2v) is 9.05. The number of rotatable bonds is 2. The van der Waals surface area contributed by atoms with Gasteiger partial charge in [-0.25, -0.2) is 4.98 Å². The highest BCUT2D eigenvalue weighted by Crippen LogP contribution is 2.45. The first-order valence-corrected chi connectivity index (χ1v) is 11.9. The molecule has 4 nitrogen and oxygen atoms in total. The molecule has 1 aromatic carbocycles. The molecule has 3 N–H and O–H groups in total. The largest absolute Gasteiger partial charge is 0.405 e. The maximum Gasteiger partial charge on any atom is 0.0949 e. The van der Waals surface area contributed by atoms with Crippen molar-refractivity contribution in [2.75, 3.05) is 13.1 Å². The second-order valence-electron chi connectivity index (χ2n) is 8.62. The van der Waals surface area contributed by atoms with E-state index in [1.54, 1.807) is 0 Å². The molecule has 2 aromatic rings. The minimum absolute atomic E-state index is 0.491. The molecule has 2 heterocycles. The van der Waals surface area contributed by atoms with E-state index in [2.05, 4.69) is 72.7 Å². The molecule has 2 unspecified atom stereocenters. The molecule has 2 atom stereocenters. The predicted octanol–water partition coefficient (Wildman–Crippen LogP) is 6.33. The van der Waals surface area contributed by atoms with Gasteiger partial charge in [-0.05, 0) is 99.5 Å². The molecule has 0 amide bonds. The van der Waals surface area contributed by atoms with Gasteiger partial charge in [0.05, 0.1) is 12.0 Å². The van der Waals surface area contributed by atoms with Gasteiger partial charge in [-0.2, -0.15) is 0 Å². The first-order valence-electron chi connectivity index (χ1n) is 11.5. The normalized spacial score (nSPS) is 20.5. The summed E-state index contributed by atoms with van der Waals surface area (Å²) in [4.78, 5) is 4.05. The monoisotopic (exact) mass is 454 g/mol. The molecule has 4 rings (SSSR count). The Morgan fingerprint density at radius 2 is 1.94 bits per heavy atom. The zero-order chi connectivity index (χ0) is 23.7. The summed E-state index contributed by atoms with van der Waals surface area (Å²) in [5.41, 5.74) is 11.0. The summed E-state index contributed by atoms with van der Waals surface area (Å²) in [6, 6.07) is 6.42. The van der Waals surface area contributed by atoms with Crippen LogP contribution in [0.15, 0.2) is 61.7 Å². The van der Waals surface area contributed by atoms with E-state index in [1.165, 1.54) is 41.3 Å². The first-order chi connectivity index (χ1) is 15.3. The number of piperidine rings is 1. The predicted molar refractivity (Wildman–Crippen MR) is 139 cm³/mol. The number of fused-ring (bicyclic) bond motifs is 1.